The predicted octanol–water partition coefficient (Wildman–Crippen LogP) is 3.78. The number of benzene rings is 1. The molecule has 1 aromatic carbocycles. The summed E-state index contributed by atoms with van der Waals surface area (Å²) in [5.74, 6) is 0. The number of rotatable bonds is 4. The second kappa shape index (κ2) is 5.79. The number of nitrogens with zero attached hydrogens (tertiary/aromatic N) is 4. The van der Waals surface area contributed by atoms with Gasteiger partial charge in [-0.3, -0.25) is 10.1 Å². The number of alkyl halides is 1. The van der Waals surface area contributed by atoms with Crippen LogP contribution in [0.15, 0.2) is 28.9 Å². The van der Waals surface area contributed by atoms with Crippen LogP contribution in [0.5, 0.6) is 0 Å². The quantitative estimate of drug-likeness (QED) is 0.453. The van der Waals surface area contributed by atoms with Gasteiger partial charge in [-0.1, -0.05) is 28.1 Å². The van der Waals surface area contributed by atoms with Gasteiger partial charge in [0.25, 0.3) is 5.69 Å². The smallest absolute Gasteiger partial charge is 0.258 e. The standard InChI is InChI=1S/C11H10Br2N4O2/c1-2-8(12)10-6-16(15-14-10)11-5-7(17(18)19)3-4-9(11)13/h3-6,8H,2H2,1H3. The minimum Gasteiger partial charge on any atom is -0.258 e. The maximum Gasteiger partial charge on any atom is 0.271 e. The van der Waals surface area contributed by atoms with Gasteiger partial charge in [0.05, 0.1) is 27.3 Å². The molecule has 1 atom stereocenters. The van der Waals surface area contributed by atoms with Gasteiger partial charge in [0.1, 0.15) is 0 Å². The van der Waals surface area contributed by atoms with Crippen molar-refractivity contribution in [3.05, 3.63) is 44.7 Å². The second-order valence-electron chi connectivity index (χ2n) is 3.86. The van der Waals surface area contributed by atoms with Crippen LogP contribution >= 0.6 is 31.9 Å². The Morgan fingerprint density at radius 3 is 2.89 bits per heavy atom. The Labute approximate surface area is 126 Å². The van der Waals surface area contributed by atoms with E-state index in [1.165, 1.54) is 16.8 Å². The fourth-order valence-corrected chi connectivity index (χ4v) is 2.18. The van der Waals surface area contributed by atoms with Crippen molar-refractivity contribution in [3.8, 4) is 5.69 Å². The van der Waals surface area contributed by atoms with Crippen LogP contribution in [0, 0.1) is 10.1 Å². The lowest BCUT2D eigenvalue weighted by Crippen LogP contribution is -1.98. The summed E-state index contributed by atoms with van der Waals surface area (Å²) in [6, 6.07) is 4.52. The number of non-ortho nitro benzene ring substituents is 1. The first-order valence-corrected chi connectivity index (χ1v) is 7.24. The number of nitro groups is 1. The molecule has 0 spiro atoms. The summed E-state index contributed by atoms with van der Waals surface area (Å²) in [5.41, 5.74) is 1.39. The fraction of sp³-hybridized carbons (Fsp3) is 0.273. The third-order valence-electron chi connectivity index (χ3n) is 2.58. The molecule has 0 saturated heterocycles. The Hall–Kier alpha value is -1.28. The maximum absolute atomic E-state index is 10.8. The van der Waals surface area contributed by atoms with Crippen LogP contribution in [0.4, 0.5) is 5.69 Å². The summed E-state index contributed by atoms with van der Waals surface area (Å²) in [6.45, 7) is 2.03. The highest BCUT2D eigenvalue weighted by Gasteiger charge is 2.14. The molecule has 19 heavy (non-hydrogen) atoms. The highest BCUT2D eigenvalue weighted by molar-refractivity contribution is 9.10. The van der Waals surface area contributed by atoms with Crippen molar-refractivity contribution in [2.75, 3.05) is 0 Å². The summed E-state index contributed by atoms with van der Waals surface area (Å²) >= 11 is 6.85. The Morgan fingerprint density at radius 1 is 1.53 bits per heavy atom. The molecule has 0 bridgehead atoms. The molecule has 0 fully saturated rings. The molecule has 0 radical (unpaired) electrons. The summed E-state index contributed by atoms with van der Waals surface area (Å²) < 4.78 is 2.24. The zero-order valence-electron chi connectivity index (χ0n) is 9.96. The molecule has 0 amide bonds. The van der Waals surface area contributed by atoms with Crippen LogP contribution in [0.2, 0.25) is 0 Å². The van der Waals surface area contributed by atoms with Gasteiger partial charge in [-0.2, -0.15) is 0 Å². The molecule has 1 aromatic heterocycles. The third kappa shape index (κ3) is 3.01. The van der Waals surface area contributed by atoms with E-state index < -0.39 is 4.92 Å². The van der Waals surface area contributed by atoms with Gasteiger partial charge in [0, 0.05) is 16.6 Å². The van der Waals surface area contributed by atoms with Gasteiger partial charge in [0.2, 0.25) is 0 Å². The number of nitro benzene ring substituents is 1. The number of halogens is 2. The van der Waals surface area contributed by atoms with E-state index in [2.05, 4.69) is 42.2 Å². The molecule has 0 saturated carbocycles. The number of hydrogen-bond acceptors (Lipinski definition) is 4. The molecule has 0 aliphatic carbocycles. The highest BCUT2D eigenvalue weighted by atomic mass is 79.9. The average Bonchev–Trinajstić information content (AvgIpc) is 2.87. The Kier molecular flexibility index (Phi) is 4.31. The largest absolute Gasteiger partial charge is 0.271 e. The van der Waals surface area contributed by atoms with Gasteiger partial charge >= 0.3 is 0 Å². The molecule has 1 unspecified atom stereocenters. The van der Waals surface area contributed by atoms with Gasteiger partial charge in [-0.15, -0.1) is 5.10 Å². The number of aromatic nitrogens is 3. The molecule has 2 aromatic rings. The first-order valence-electron chi connectivity index (χ1n) is 5.53. The second-order valence-corrected chi connectivity index (χ2v) is 5.82. The van der Waals surface area contributed by atoms with E-state index >= 15 is 0 Å². The van der Waals surface area contributed by atoms with Gasteiger partial charge < -0.3 is 0 Å². The molecule has 1 heterocycles. The van der Waals surface area contributed by atoms with Crippen LogP contribution < -0.4 is 0 Å². The van der Waals surface area contributed by atoms with Crippen molar-refractivity contribution in [2.45, 2.75) is 18.2 Å². The van der Waals surface area contributed by atoms with E-state index in [1.54, 1.807) is 12.3 Å². The van der Waals surface area contributed by atoms with Crippen LogP contribution in [0.25, 0.3) is 5.69 Å². The molecule has 2 rings (SSSR count). The van der Waals surface area contributed by atoms with Crippen molar-refractivity contribution >= 4 is 37.5 Å². The van der Waals surface area contributed by atoms with E-state index in [0.29, 0.717) is 5.69 Å². The van der Waals surface area contributed by atoms with E-state index in [1.807, 2.05) is 6.92 Å². The van der Waals surface area contributed by atoms with Crippen molar-refractivity contribution in [1.29, 1.82) is 0 Å². The topological polar surface area (TPSA) is 73.8 Å². The molecular weight excluding hydrogens is 380 g/mol. The van der Waals surface area contributed by atoms with Crippen LogP contribution in [-0.4, -0.2) is 19.9 Å². The first-order chi connectivity index (χ1) is 9.02. The maximum atomic E-state index is 10.8. The number of hydrogen-bond donors (Lipinski definition) is 0. The molecule has 6 nitrogen and oxygen atoms in total. The summed E-state index contributed by atoms with van der Waals surface area (Å²) in [4.78, 5) is 10.5. The van der Waals surface area contributed by atoms with Gasteiger partial charge in [-0.25, -0.2) is 4.68 Å². The third-order valence-corrected chi connectivity index (χ3v) is 4.36. The van der Waals surface area contributed by atoms with Gasteiger partial charge in [0.15, 0.2) is 0 Å². The molecular formula is C11H10Br2N4O2. The van der Waals surface area contributed by atoms with E-state index in [-0.39, 0.29) is 10.5 Å². The SMILES string of the molecule is CCC(Br)c1cn(-c2cc([N+](=O)[O-])ccc2Br)nn1. The Bertz CT molecular complexity index is 614. The van der Waals surface area contributed by atoms with Crippen molar-refractivity contribution < 1.29 is 4.92 Å². The zero-order chi connectivity index (χ0) is 14.0. The highest BCUT2D eigenvalue weighted by Crippen LogP contribution is 2.28. The lowest BCUT2D eigenvalue weighted by atomic mass is 10.2. The normalized spacial score (nSPS) is 12.4. The van der Waals surface area contributed by atoms with Gasteiger partial charge in [-0.05, 0) is 28.4 Å². The average molecular weight is 390 g/mol. The molecule has 8 heteroatoms. The molecule has 100 valence electrons. The monoisotopic (exact) mass is 388 g/mol. The Balaban J connectivity index is 2.43. The predicted molar refractivity (Wildman–Crippen MR) is 77.7 cm³/mol. The summed E-state index contributed by atoms with van der Waals surface area (Å²) in [5, 5.41) is 18.8. The van der Waals surface area contributed by atoms with Crippen LogP contribution in [0.1, 0.15) is 23.9 Å². The molecule has 0 aliphatic heterocycles. The zero-order valence-corrected chi connectivity index (χ0v) is 13.1. The van der Waals surface area contributed by atoms with Crippen molar-refractivity contribution in [2.24, 2.45) is 0 Å². The van der Waals surface area contributed by atoms with E-state index in [0.717, 1.165) is 16.6 Å². The first kappa shape index (κ1) is 14.1. The summed E-state index contributed by atoms with van der Waals surface area (Å²) in [7, 11) is 0. The minimum atomic E-state index is -0.437. The van der Waals surface area contributed by atoms with Crippen LogP contribution in [0.3, 0.4) is 0 Å². The fourth-order valence-electron chi connectivity index (χ4n) is 1.54. The molecule has 0 aliphatic rings. The summed E-state index contributed by atoms with van der Waals surface area (Å²) in [6.07, 6.45) is 2.64. The van der Waals surface area contributed by atoms with E-state index in [9.17, 15) is 10.1 Å². The van der Waals surface area contributed by atoms with Crippen molar-refractivity contribution in [3.63, 3.8) is 0 Å². The minimum absolute atomic E-state index is 0.0149. The Morgan fingerprint density at radius 2 is 2.26 bits per heavy atom. The van der Waals surface area contributed by atoms with Crippen molar-refractivity contribution in [1.82, 2.24) is 15.0 Å². The van der Waals surface area contributed by atoms with Crippen LogP contribution in [-0.2, 0) is 0 Å². The lowest BCUT2D eigenvalue weighted by molar-refractivity contribution is -0.384. The van der Waals surface area contributed by atoms with E-state index in [4.69, 9.17) is 0 Å². The molecule has 0 N–H and O–H groups in total. The lowest BCUT2D eigenvalue weighted by Gasteiger charge is -2.03.